The standard InChI is InChI=1S/C28H27N3O5S/c1-19-10-12-20(13-11-19)26(28(34)29-17-23-8-4-14-36-23)31(21-6-3-7-22(16-21)35-2)25(32)18-30-27(33)24-9-5-15-37-24/h3-16,26H,17-18H2,1-2H3,(H,29,34)(H,30,33). The van der Waals surface area contributed by atoms with Gasteiger partial charge in [0.15, 0.2) is 0 Å². The van der Waals surface area contributed by atoms with Gasteiger partial charge in [0.05, 0.1) is 31.3 Å². The summed E-state index contributed by atoms with van der Waals surface area (Å²) in [5, 5.41) is 7.34. The Morgan fingerprint density at radius 2 is 1.81 bits per heavy atom. The van der Waals surface area contributed by atoms with E-state index in [0.29, 0.717) is 27.6 Å². The van der Waals surface area contributed by atoms with Gasteiger partial charge in [-0.25, -0.2) is 0 Å². The van der Waals surface area contributed by atoms with Crippen molar-refractivity contribution in [3.8, 4) is 5.75 Å². The number of ether oxygens (including phenoxy) is 1. The van der Waals surface area contributed by atoms with Gasteiger partial charge in [-0.1, -0.05) is 42.0 Å². The number of hydrogen-bond donors (Lipinski definition) is 2. The number of benzene rings is 2. The van der Waals surface area contributed by atoms with Gasteiger partial charge in [-0.15, -0.1) is 11.3 Å². The van der Waals surface area contributed by atoms with E-state index in [9.17, 15) is 14.4 Å². The van der Waals surface area contributed by atoms with E-state index in [1.165, 1.54) is 29.6 Å². The van der Waals surface area contributed by atoms with Crippen LogP contribution in [0, 0.1) is 6.92 Å². The molecule has 1 atom stereocenters. The molecule has 2 heterocycles. The number of amides is 3. The number of anilines is 1. The number of thiophene rings is 1. The van der Waals surface area contributed by atoms with Crippen molar-refractivity contribution in [2.24, 2.45) is 0 Å². The maximum absolute atomic E-state index is 13.7. The van der Waals surface area contributed by atoms with Crippen molar-refractivity contribution in [3.05, 3.63) is 106 Å². The van der Waals surface area contributed by atoms with Crippen LogP contribution in [-0.2, 0) is 16.1 Å². The highest BCUT2D eigenvalue weighted by molar-refractivity contribution is 7.12. The lowest BCUT2D eigenvalue weighted by Gasteiger charge is -2.32. The summed E-state index contributed by atoms with van der Waals surface area (Å²) in [6.07, 6.45) is 1.53. The van der Waals surface area contributed by atoms with Gasteiger partial charge >= 0.3 is 0 Å². The third-order valence-corrected chi connectivity index (χ3v) is 6.53. The van der Waals surface area contributed by atoms with E-state index >= 15 is 0 Å². The highest BCUT2D eigenvalue weighted by atomic mass is 32.1. The van der Waals surface area contributed by atoms with Crippen LogP contribution in [0.25, 0.3) is 0 Å². The van der Waals surface area contributed by atoms with E-state index in [2.05, 4.69) is 10.6 Å². The summed E-state index contributed by atoms with van der Waals surface area (Å²) in [4.78, 5) is 41.8. The van der Waals surface area contributed by atoms with Crippen LogP contribution in [0.5, 0.6) is 5.75 Å². The normalized spacial score (nSPS) is 11.4. The van der Waals surface area contributed by atoms with Gasteiger partial charge in [0.2, 0.25) is 11.8 Å². The second-order valence-electron chi connectivity index (χ2n) is 8.24. The second-order valence-corrected chi connectivity index (χ2v) is 9.18. The van der Waals surface area contributed by atoms with Crippen molar-refractivity contribution in [3.63, 3.8) is 0 Å². The molecule has 9 heteroatoms. The van der Waals surface area contributed by atoms with Gasteiger partial charge in [0.1, 0.15) is 17.6 Å². The lowest BCUT2D eigenvalue weighted by Crippen LogP contribution is -2.47. The Morgan fingerprint density at radius 1 is 1.00 bits per heavy atom. The lowest BCUT2D eigenvalue weighted by molar-refractivity contribution is -0.126. The van der Waals surface area contributed by atoms with E-state index in [0.717, 1.165) is 5.56 Å². The van der Waals surface area contributed by atoms with Crippen LogP contribution in [-0.4, -0.2) is 31.4 Å². The number of methoxy groups -OCH3 is 1. The molecule has 0 aliphatic heterocycles. The molecular formula is C28H27N3O5S. The fourth-order valence-electron chi connectivity index (χ4n) is 3.78. The summed E-state index contributed by atoms with van der Waals surface area (Å²) in [7, 11) is 1.53. The third kappa shape index (κ3) is 6.45. The Hall–Kier alpha value is -4.37. The average molecular weight is 518 g/mol. The molecule has 190 valence electrons. The molecule has 0 fully saturated rings. The first kappa shape index (κ1) is 25.7. The maximum atomic E-state index is 13.7. The Bertz CT molecular complexity index is 1330. The Balaban J connectivity index is 1.69. The van der Waals surface area contributed by atoms with Gasteiger partial charge in [0, 0.05) is 11.8 Å². The smallest absolute Gasteiger partial charge is 0.261 e. The molecule has 0 radical (unpaired) electrons. The summed E-state index contributed by atoms with van der Waals surface area (Å²) in [6, 6.07) is 20.2. The quantitative estimate of drug-likeness (QED) is 0.323. The van der Waals surface area contributed by atoms with E-state index in [-0.39, 0.29) is 19.0 Å². The first-order valence-electron chi connectivity index (χ1n) is 11.6. The van der Waals surface area contributed by atoms with E-state index in [1.54, 1.807) is 53.9 Å². The number of rotatable bonds is 10. The molecule has 2 aromatic heterocycles. The average Bonchev–Trinajstić information content (AvgIpc) is 3.64. The lowest BCUT2D eigenvalue weighted by atomic mass is 10.0. The molecule has 0 bridgehead atoms. The maximum Gasteiger partial charge on any atom is 0.261 e. The molecule has 4 rings (SSSR count). The minimum absolute atomic E-state index is 0.156. The molecule has 0 aliphatic rings. The summed E-state index contributed by atoms with van der Waals surface area (Å²) < 4.78 is 10.7. The predicted octanol–water partition coefficient (Wildman–Crippen LogP) is 4.48. The molecule has 3 amide bonds. The van der Waals surface area contributed by atoms with E-state index < -0.39 is 17.9 Å². The number of carbonyl (C=O) groups excluding carboxylic acids is 3. The van der Waals surface area contributed by atoms with Crippen molar-refractivity contribution in [1.29, 1.82) is 0 Å². The van der Waals surface area contributed by atoms with Gasteiger partial charge in [-0.2, -0.15) is 0 Å². The molecule has 1 unspecified atom stereocenters. The molecule has 8 nitrogen and oxygen atoms in total. The first-order valence-corrected chi connectivity index (χ1v) is 12.5. The van der Waals surface area contributed by atoms with Crippen molar-refractivity contribution < 1.29 is 23.5 Å². The number of nitrogens with zero attached hydrogens (tertiary/aromatic N) is 1. The molecule has 2 N–H and O–H groups in total. The molecule has 2 aromatic carbocycles. The molecule has 4 aromatic rings. The summed E-state index contributed by atoms with van der Waals surface area (Å²) in [5.41, 5.74) is 2.08. The second kappa shape index (κ2) is 12.0. The third-order valence-electron chi connectivity index (χ3n) is 5.66. The van der Waals surface area contributed by atoms with Crippen LogP contribution in [0.4, 0.5) is 5.69 Å². The number of nitrogens with one attached hydrogen (secondary N) is 2. The SMILES string of the molecule is COc1cccc(N(C(=O)CNC(=O)c2cccs2)C(C(=O)NCc2ccco2)c2ccc(C)cc2)c1. The highest BCUT2D eigenvalue weighted by Gasteiger charge is 2.33. The Kier molecular flexibility index (Phi) is 8.37. The summed E-state index contributed by atoms with van der Waals surface area (Å²) >= 11 is 1.28. The molecular weight excluding hydrogens is 490 g/mol. The van der Waals surface area contributed by atoms with Gasteiger partial charge in [-0.05, 0) is 48.2 Å². The monoisotopic (exact) mass is 517 g/mol. The van der Waals surface area contributed by atoms with Crippen LogP contribution in [0.15, 0.2) is 88.9 Å². The minimum Gasteiger partial charge on any atom is -0.497 e. The minimum atomic E-state index is -1.02. The summed E-state index contributed by atoms with van der Waals surface area (Å²) in [5.74, 6) is -0.115. The fraction of sp³-hybridized carbons (Fsp3) is 0.179. The van der Waals surface area contributed by atoms with Crippen LogP contribution < -0.4 is 20.3 Å². The Labute approximate surface area is 218 Å². The van der Waals surface area contributed by atoms with Crippen molar-refractivity contribution in [1.82, 2.24) is 10.6 Å². The molecule has 0 saturated heterocycles. The largest absolute Gasteiger partial charge is 0.497 e. The first-order chi connectivity index (χ1) is 18.0. The summed E-state index contributed by atoms with van der Waals surface area (Å²) in [6.45, 7) is 1.80. The van der Waals surface area contributed by atoms with Gasteiger partial charge < -0.3 is 19.8 Å². The molecule has 37 heavy (non-hydrogen) atoms. The molecule has 0 spiro atoms. The van der Waals surface area contributed by atoms with E-state index in [1.807, 2.05) is 31.2 Å². The number of hydrogen-bond acceptors (Lipinski definition) is 6. The van der Waals surface area contributed by atoms with Crippen LogP contribution in [0.2, 0.25) is 0 Å². The van der Waals surface area contributed by atoms with Crippen LogP contribution in [0.3, 0.4) is 0 Å². The van der Waals surface area contributed by atoms with Crippen molar-refractivity contribution in [2.45, 2.75) is 19.5 Å². The van der Waals surface area contributed by atoms with Crippen LogP contribution >= 0.6 is 11.3 Å². The Morgan fingerprint density at radius 3 is 2.49 bits per heavy atom. The van der Waals surface area contributed by atoms with Gasteiger partial charge in [0.25, 0.3) is 5.91 Å². The van der Waals surface area contributed by atoms with Crippen LogP contribution in [0.1, 0.15) is 32.6 Å². The molecule has 0 saturated carbocycles. The van der Waals surface area contributed by atoms with Crippen molar-refractivity contribution in [2.75, 3.05) is 18.6 Å². The van der Waals surface area contributed by atoms with E-state index in [4.69, 9.17) is 9.15 Å². The zero-order valence-electron chi connectivity index (χ0n) is 20.5. The fourth-order valence-corrected chi connectivity index (χ4v) is 4.42. The predicted molar refractivity (Wildman–Crippen MR) is 142 cm³/mol. The van der Waals surface area contributed by atoms with Crippen molar-refractivity contribution >= 4 is 34.7 Å². The zero-order valence-corrected chi connectivity index (χ0v) is 21.3. The number of carbonyl (C=O) groups is 3. The number of furan rings is 1. The van der Waals surface area contributed by atoms with Gasteiger partial charge in [-0.3, -0.25) is 19.3 Å². The topological polar surface area (TPSA) is 101 Å². The zero-order chi connectivity index (χ0) is 26.2. The highest BCUT2D eigenvalue weighted by Crippen LogP contribution is 2.31. The number of aryl methyl sites for hydroxylation is 1. The molecule has 0 aliphatic carbocycles.